The molecule has 20 heavy (non-hydrogen) atoms. The van der Waals surface area contributed by atoms with Crippen molar-refractivity contribution >= 4 is 16.8 Å². The molecule has 4 heteroatoms. The van der Waals surface area contributed by atoms with Crippen molar-refractivity contribution in [1.29, 1.82) is 0 Å². The molecule has 1 aliphatic heterocycles. The molecule has 3 aromatic rings. The molecule has 1 aromatic heterocycles. The highest BCUT2D eigenvalue weighted by Gasteiger charge is 2.13. The standard InChI is InChI=1S/C16H13FN2O/c17-12-4-6-14-15(9-12)20-16(19-14)11-3-5-13-10(8-11)2-1-7-18-13/h3-6,8-9,18H,1-2,7H2. The van der Waals surface area contributed by atoms with E-state index in [1.54, 1.807) is 6.07 Å². The van der Waals surface area contributed by atoms with Crippen molar-refractivity contribution in [2.24, 2.45) is 0 Å². The highest BCUT2D eigenvalue weighted by atomic mass is 19.1. The maximum Gasteiger partial charge on any atom is 0.227 e. The lowest BCUT2D eigenvalue weighted by molar-refractivity contribution is 0.602. The third-order valence-corrected chi connectivity index (χ3v) is 3.64. The molecular weight excluding hydrogens is 255 g/mol. The number of oxazole rings is 1. The zero-order valence-electron chi connectivity index (χ0n) is 10.8. The molecule has 0 unspecified atom stereocenters. The Bertz CT molecular complexity index is 794. The largest absolute Gasteiger partial charge is 0.436 e. The van der Waals surface area contributed by atoms with Gasteiger partial charge in [0, 0.05) is 23.9 Å². The first kappa shape index (κ1) is 11.5. The molecule has 0 atom stereocenters. The summed E-state index contributed by atoms with van der Waals surface area (Å²) in [5.74, 6) is 0.230. The third-order valence-electron chi connectivity index (χ3n) is 3.64. The monoisotopic (exact) mass is 268 g/mol. The number of benzene rings is 2. The quantitative estimate of drug-likeness (QED) is 0.725. The van der Waals surface area contributed by atoms with Crippen LogP contribution < -0.4 is 5.32 Å². The second kappa shape index (κ2) is 4.34. The summed E-state index contributed by atoms with van der Waals surface area (Å²) in [6.45, 7) is 1.02. The molecule has 0 bridgehead atoms. The van der Waals surface area contributed by atoms with E-state index < -0.39 is 0 Å². The van der Waals surface area contributed by atoms with Crippen molar-refractivity contribution in [2.45, 2.75) is 12.8 Å². The fraction of sp³-hybridized carbons (Fsp3) is 0.188. The topological polar surface area (TPSA) is 38.1 Å². The summed E-state index contributed by atoms with van der Waals surface area (Å²) >= 11 is 0. The van der Waals surface area contributed by atoms with Gasteiger partial charge in [-0.15, -0.1) is 0 Å². The van der Waals surface area contributed by atoms with Crippen molar-refractivity contribution in [3.05, 3.63) is 47.8 Å². The number of anilines is 1. The van der Waals surface area contributed by atoms with E-state index in [0.717, 1.165) is 24.9 Å². The number of rotatable bonds is 1. The predicted molar refractivity (Wildman–Crippen MR) is 76.2 cm³/mol. The first-order valence-electron chi connectivity index (χ1n) is 6.73. The molecule has 100 valence electrons. The van der Waals surface area contributed by atoms with Gasteiger partial charge in [0.25, 0.3) is 0 Å². The van der Waals surface area contributed by atoms with Crippen LogP contribution in [0.15, 0.2) is 40.8 Å². The zero-order chi connectivity index (χ0) is 13.5. The molecule has 2 heterocycles. The second-order valence-electron chi connectivity index (χ2n) is 5.03. The van der Waals surface area contributed by atoms with Crippen LogP contribution >= 0.6 is 0 Å². The molecule has 1 N–H and O–H groups in total. The van der Waals surface area contributed by atoms with Gasteiger partial charge in [-0.2, -0.15) is 0 Å². The summed E-state index contributed by atoms with van der Waals surface area (Å²) in [7, 11) is 0. The van der Waals surface area contributed by atoms with Gasteiger partial charge in [-0.3, -0.25) is 0 Å². The Morgan fingerprint density at radius 2 is 2.10 bits per heavy atom. The van der Waals surface area contributed by atoms with E-state index in [2.05, 4.69) is 22.4 Å². The minimum Gasteiger partial charge on any atom is -0.436 e. The van der Waals surface area contributed by atoms with Crippen molar-refractivity contribution < 1.29 is 8.81 Å². The number of aryl methyl sites for hydroxylation is 1. The van der Waals surface area contributed by atoms with Crippen LogP contribution in [0.3, 0.4) is 0 Å². The third kappa shape index (κ3) is 1.84. The molecule has 1 aliphatic rings. The van der Waals surface area contributed by atoms with E-state index in [9.17, 15) is 4.39 Å². The van der Waals surface area contributed by atoms with Crippen LogP contribution in [-0.2, 0) is 6.42 Å². The molecule has 0 fully saturated rings. The first-order chi connectivity index (χ1) is 9.79. The van der Waals surface area contributed by atoms with Crippen molar-refractivity contribution in [3.8, 4) is 11.5 Å². The zero-order valence-corrected chi connectivity index (χ0v) is 10.8. The van der Waals surface area contributed by atoms with Crippen LogP contribution in [0.4, 0.5) is 10.1 Å². The molecule has 3 nitrogen and oxygen atoms in total. The number of hydrogen-bond acceptors (Lipinski definition) is 3. The number of aromatic nitrogens is 1. The Hall–Kier alpha value is -2.36. The number of nitrogens with one attached hydrogen (secondary N) is 1. The minimum absolute atomic E-state index is 0.310. The Balaban J connectivity index is 1.82. The van der Waals surface area contributed by atoms with Crippen LogP contribution in [0.1, 0.15) is 12.0 Å². The summed E-state index contributed by atoms with van der Waals surface area (Å²) < 4.78 is 18.8. The van der Waals surface area contributed by atoms with E-state index in [1.165, 1.54) is 23.4 Å². The van der Waals surface area contributed by atoms with E-state index in [-0.39, 0.29) is 5.82 Å². The first-order valence-corrected chi connectivity index (χ1v) is 6.73. The fourth-order valence-corrected chi connectivity index (χ4v) is 2.63. The van der Waals surface area contributed by atoms with Crippen molar-refractivity contribution in [1.82, 2.24) is 4.98 Å². The molecule has 0 radical (unpaired) electrons. The Morgan fingerprint density at radius 3 is 3.05 bits per heavy atom. The smallest absolute Gasteiger partial charge is 0.227 e. The van der Waals surface area contributed by atoms with Crippen LogP contribution in [0, 0.1) is 5.82 Å². The van der Waals surface area contributed by atoms with E-state index >= 15 is 0 Å². The lowest BCUT2D eigenvalue weighted by Crippen LogP contribution is -2.11. The molecule has 0 spiro atoms. The van der Waals surface area contributed by atoms with Crippen LogP contribution in [0.5, 0.6) is 0 Å². The molecular formula is C16H13FN2O. The minimum atomic E-state index is -0.310. The van der Waals surface area contributed by atoms with Gasteiger partial charge < -0.3 is 9.73 Å². The van der Waals surface area contributed by atoms with Gasteiger partial charge >= 0.3 is 0 Å². The Morgan fingerprint density at radius 1 is 1.15 bits per heavy atom. The summed E-state index contributed by atoms with van der Waals surface area (Å²) in [6.07, 6.45) is 2.19. The van der Waals surface area contributed by atoms with Gasteiger partial charge in [0.1, 0.15) is 11.3 Å². The SMILES string of the molecule is Fc1ccc2nc(-c3ccc4c(c3)CCCN4)oc2c1. The van der Waals surface area contributed by atoms with Gasteiger partial charge in [0.2, 0.25) is 5.89 Å². The maximum absolute atomic E-state index is 13.2. The Kier molecular flexibility index (Phi) is 2.49. The number of fused-ring (bicyclic) bond motifs is 2. The molecule has 4 rings (SSSR count). The molecule has 0 saturated heterocycles. The van der Waals surface area contributed by atoms with Crippen molar-refractivity contribution in [2.75, 3.05) is 11.9 Å². The van der Waals surface area contributed by atoms with Gasteiger partial charge in [-0.25, -0.2) is 9.37 Å². The van der Waals surface area contributed by atoms with E-state index in [4.69, 9.17) is 4.42 Å². The van der Waals surface area contributed by atoms with Crippen LogP contribution in [-0.4, -0.2) is 11.5 Å². The average molecular weight is 268 g/mol. The van der Waals surface area contributed by atoms with Crippen LogP contribution in [0.25, 0.3) is 22.6 Å². The highest BCUT2D eigenvalue weighted by molar-refractivity contribution is 5.76. The normalized spacial score (nSPS) is 14.1. The lowest BCUT2D eigenvalue weighted by Gasteiger charge is -2.17. The summed E-state index contributed by atoms with van der Waals surface area (Å²) in [4.78, 5) is 4.42. The van der Waals surface area contributed by atoms with Crippen molar-refractivity contribution in [3.63, 3.8) is 0 Å². The van der Waals surface area contributed by atoms with Gasteiger partial charge in [0.15, 0.2) is 5.58 Å². The predicted octanol–water partition coefficient (Wildman–Crippen LogP) is 3.99. The molecule has 0 saturated carbocycles. The summed E-state index contributed by atoms with van der Waals surface area (Å²) in [5, 5.41) is 3.37. The summed E-state index contributed by atoms with van der Waals surface area (Å²) in [5.41, 5.74) is 4.56. The maximum atomic E-state index is 13.2. The van der Waals surface area contributed by atoms with Gasteiger partial charge in [-0.05, 0) is 48.7 Å². The van der Waals surface area contributed by atoms with E-state index in [0.29, 0.717) is 17.0 Å². The van der Waals surface area contributed by atoms with Crippen LogP contribution in [0.2, 0.25) is 0 Å². The van der Waals surface area contributed by atoms with Gasteiger partial charge in [0.05, 0.1) is 0 Å². The lowest BCUT2D eigenvalue weighted by atomic mass is 10.0. The molecule has 2 aromatic carbocycles. The van der Waals surface area contributed by atoms with E-state index in [1.807, 2.05) is 6.07 Å². The second-order valence-corrected chi connectivity index (χ2v) is 5.03. The number of halogens is 1. The average Bonchev–Trinajstić information content (AvgIpc) is 2.89. The number of hydrogen-bond donors (Lipinski definition) is 1. The number of nitrogens with zero attached hydrogens (tertiary/aromatic N) is 1. The highest BCUT2D eigenvalue weighted by Crippen LogP contribution is 2.30. The Labute approximate surface area is 115 Å². The molecule has 0 aliphatic carbocycles. The fourth-order valence-electron chi connectivity index (χ4n) is 2.63. The molecule has 0 amide bonds. The summed E-state index contributed by atoms with van der Waals surface area (Å²) in [6, 6.07) is 10.5. The van der Waals surface area contributed by atoms with Gasteiger partial charge in [-0.1, -0.05) is 0 Å².